The minimum atomic E-state index is 0.0232. The summed E-state index contributed by atoms with van der Waals surface area (Å²) >= 11 is 0. The average molecular weight is 258 g/mol. The highest BCUT2D eigenvalue weighted by atomic mass is 16.5. The van der Waals surface area contributed by atoms with Gasteiger partial charge in [0, 0.05) is 29.1 Å². The van der Waals surface area contributed by atoms with Crippen LogP contribution in [-0.2, 0) is 11.2 Å². The lowest BCUT2D eigenvalue weighted by Crippen LogP contribution is -2.28. The first-order valence-electron chi connectivity index (χ1n) is 6.64. The van der Waals surface area contributed by atoms with Gasteiger partial charge >= 0.3 is 0 Å². The van der Waals surface area contributed by atoms with Crippen molar-refractivity contribution in [2.75, 3.05) is 7.11 Å². The SMILES string of the molecule is COc1ccc2[nH]c3c(c2c1)C(NC(C)=O)CCC3. The number of hydrogen-bond acceptors (Lipinski definition) is 2. The van der Waals surface area contributed by atoms with E-state index in [0.717, 1.165) is 35.9 Å². The zero-order valence-corrected chi connectivity index (χ0v) is 11.2. The summed E-state index contributed by atoms with van der Waals surface area (Å²) in [7, 11) is 1.67. The lowest BCUT2D eigenvalue weighted by atomic mass is 9.90. The normalized spacial score (nSPS) is 18.1. The summed E-state index contributed by atoms with van der Waals surface area (Å²) in [5.41, 5.74) is 3.59. The second-order valence-corrected chi connectivity index (χ2v) is 5.07. The van der Waals surface area contributed by atoms with Gasteiger partial charge in [-0.25, -0.2) is 0 Å². The van der Waals surface area contributed by atoms with Gasteiger partial charge in [0.1, 0.15) is 5.75 Å². The number of carbonyl (C=O) groups is 1. The zero-order valence-electron chi connectivity index (χ0n) is 11.2. The molecule has 0 bridgehead atoms. The summed E-state index contributed by atoms with van der Waals surface area (Å²) in [6.07, 6.45) is 3.14. The van der Waals surface area contributed by atoms with Crippen LogP contribution in [0, 0.1) is 0 Å². The molecule has 1 unspecified atom stereocenters. The van der Waals surface area contributed by atoms with Gasteiger partial charge in [0.2, 0.25) is 5.91 Å². The largest absolute Gasteiger partial charge is 0.497 e. The van der Waals surface area contributed by atoms with Gasteiger partial charge in [0.05, 0.1) is 13.2 Å². The molecule has 0 fully saturated rings. The lowest BCUT2D eigenvalue weighted by Gasteiger charge is -2.23. The van der Waals surface area contributed by atoms with Crippen LogP contribution in [0.15, 0.2) is 18.2 Å². The molecule has 0 saturated carbocycles. The monoisotopic (exact) mass is 258 g/mol. The number of benzene rings is 1. The highest BCUT2D eigenvalue weighted by Gasteiger charge is 2.25. The maximum atomic E-state index is 11.4. The van der Waals surface area contributed by atoms with Crippen LogP contribution in [0.3, 0.4) is 0 Å². The van der Waals surface area contributed by atoms with E-state index in [0.29, 0.717) is 0 Å². The number of H-pyrrole nitrogens is 1. The molecule has 4 nitrogen and oxygen atoms in total. The predicted octanol–water partition coefficient (Wildman–Crippen LogP) is 2.69. The Bertz CT molecular complexity index is 630. The summed E-state index contributed by atoms with van der Waals surface area (Å²) in [4.78, 5) is 14.8. The van der Waals surface area contributed by atoms with E-state index in [-0.39, 0.29) is 11.9 Å². The number of hydrogen-bond donors (Lipinski definition) is 2. The highest BCUT2D eigenvalue weighted by molar-refractivity contribution is 5.87. The lowest BCUT2D eigenvalue weighted by molar-refractivity contribution is -0.119. The van der Waals surface area contributed by atoms with Crippen LogP contribution in [0.4, 0.5) is 0 Å². The summed E-state index contributed by atoms with van der Waals surface area (Å²) < 4.78 is 5.30. The molecule has 1 amide bonds. The molecule has 0 radical (unpaired) electrons. The molecule has 0 saturated heterocycles. The number of amides is 1. The van der Waals surface area contributed by atoms with E-state index in [9.17, 15) is 4.79 Å². The van der Waals surface area contributed by atoms with Crippen LogP contribution in [-0.4, -0.2) is 18.0 Å². The topological polar surface area (TPSA) is 54.1 Å². The Morgan fingerprint density at radius 3 is 3.05 bits per heavy atom. The minimum Gasteiger partial charge on any atom is -0.497 e. The maximum absolute atomic E-state index is 11.4. The van der Waals surface area contributed by atoms with Crippen molar-refractivity contribution >= 4 is 16.8 Å². The number of aromatic nitrogens is 1. The fourth-order valence-electron chi connectivity index (χ4n) is 2.99. The van der Waals surface area contributed by atoms with Gasteiger partial charge in [0.25, 0.3) is 0 Å². The molecule has 2 N–H and O–H groups in total. The molecule has 4 heteroatoms. The molecule has 1 aromatic carbocycles. The Morgan fingerprint density at radius 2 is 2.32 bits per heavy atom. The quantitative estimate of drug-likeness (QED) is 0.870. The Labute approximate surface area is 112 Å². The number of aryl methyl sites for hydroxylation is 1. The molecule has 100 valence electrons. The van der Waals surface area contributed by atoms with Gasteiger partial charge in [-0.3, -0.25) is 4.79 Å². The van der Waals surface area contributed by atoms with Crippen LogP contribution in [0.5, 0.6) is 5.75 Å². The van der Waals surface area contributed by atoms with Crippen LogP contribution in [0.1, 0.15) is 37.1 Å². The number of carbonyl (C=O) groups excluding carboxylic acids is 1. The molecule has 1 aromatic heterocycles. The van der Waals surface area contributed by atoms with Crippen molar-refractivity contribution in [2.45, 2.75) is 32.2 Å². The first-order valence-corrected chi connectivity index (χ1v) is 6.64. The van der Waals surface area contributed by atoms with Gasteiger partial charge < -0.3 is 15.0 Å². The van der Waals surface area contributed by atoms with E-state index in [1.165, 1.54) is 11.3 Å². The first-order chi connectivity index (χ1) is 9.19. The number of nitrogens with one attached hydrogen (secondary N) is 2. The Kier molecular flexibility index (Phi) is 2.93. The van der Waals surface area contributed by atoms with Crippen molar-refractivity contribution in [1.82, 2.24) is 10.3 Å². The molecule has 3 rings (SSSR count). The average Bonchev–Trinajstić information content (AvgIpc) is 2.76. The summed E-state index contributed by atoms with van der Waals surface area (Å²) in [6.45, 7) is 1.57. The van der Waals surface area contributed by atoms with Gasteiger partial charge in [0.15, 0.2) is 0 Å². The molecule has 1 aliphatic carbocycles. The van der Waals surface area contributed by atoms with Crippen molar-refractivity contribution in [3.63, 3.8) is 0 Å². The number of fused-ring (bicyclic) bond motifs is 3. The number of aromatic amines is 1. The van der Waals surface area contributed by atoms with Crippen molar-refractivity contribution in [3.8, 4) is 5.75 Å². The van der Waals surface area contributed by atoms with E-state index < -0.39 is 0 Å². The molecule has 1 heterocycles. The van der Waals surface area contributed by atoms with Crippen molar-refractivity contribution in [1.29, 1.82) is 0 Å². The van der Waals surface area contributed by atoms with Crippen LogP contribution in [0.25, 0.3) is 10.9 Å². The molecule has 2 aromatic rings. The Balaban J connectivity index is 2.14. The zero-order chi connectivity index (χ0) is 13.4. The second kappa shape index (κ2) is 4.61. The first kappa shape index (κ1) is 12.1. The van der Waals surface area contributed by atoms with Gasteiger partial charge in [-0.15, -0.1) is 0 Å². The number of rotatable bonds is 2. The van der Waals surface area contributed by atoms with E-state index in [1.807, 2.05) is 18.2 Å². The van der Waals surface area contributed by atoms with Gasteiger partial charge in [-0.1, -0.05) is 0 Å². The molecule has 0 aliphatic heterocycles. The second-order valence-electron chi connectivity index (χ2n) is 5.07. The van der Waals surface area contributed by atoms with E-state index in [2.05, 4.69) is 10.3 Å². The van der Waals surface area contributed by atoms with E-state index in [4.69, 9.17) is 4.74 Å². The number of ether oxygens (including phenoxy) is 1. The molecular weight excluding hydrogens is 240 g/mol. The van der Waals surface area contributed by atoms with Gasteiger partial charge in [-0.05, 0) is 37.5 Å². The van der Waals surface area contributed by atoms with Crippen molar-refractivity contribution < 1.29 is 9.53 Å². The number of methoxy groups -OCH3 is 1. The highest BCUT2D eigenvalue weighted by Crippen LogP contribution is 2.36. The molecular formula is C15H18N2O2. The Hall–Kier alpha value is -1.97. The predicted molar refractivity (Wildman–Crippen MR) is 74.3 cm³/mol. The van der Waals surface area contributed by atoms with E-state index >= 15 is 0 Å². The summed E-state index contributed by atoms with van der Waals surface area (Å²) in [5.74, 6) is 0.872. The van der Waals surface area contributed by atoms with E-state index in [1.54, 1.807) is 14.0 Å². The molecule has 1 atom stereocenters. The Morgan fingerprint density at radius 1 is 1.47 bits per heavy atom. The fourth-order valence-corrected chi connectivity index (χ4v) is 2.99. The van der Waals surface area contributed by atoms with Crippen LogP contribution >= 0.6 is 0 Å². The third-order valence-electron chi connectivity index (χ3n) is 3.77. The fraction of sp³-hybridized carbons (Fsp3) is 0.400. The summed E-state index contributed by atoms with van der Waals surface area (Å²) in [5, 5.41) is 4.21. The van der Waals surface area contributed by atoms with Crippen LogP contribution < -0.4 is 10.1 Å². The van der Waals surface area contributed by atoms with Crippen LogP contribution in [0.2, 0.25) is 0 Å². The smallest absolute Gasteiger partial charge is 0.217 e. The standard InChI is InChI=1S/C15H18N2O2/c1-9(18)16-13-4-3-5-14-15(13)11-8-10(19-2)6-7-12(11)17-14/h6-8,13,17H,3-5H2,1-2H3,(H,16,18). The molecule has 0 spiro atoms. The molecule has 19 heavy (non-hydrogen) atoms. The third-order valence-corrected chi connectivity index (χ3v) is 3.77. The third kappa shape index (κ3) is 2.07. The maximum Gasteiger partial charge on any atom is 0.217 e. The van der Waals surface area contributed by atoms with Gasteiger partial charge in [-0.2, -0.15) is 0 Å². The van der Waals surface area contributed by atoms with Crippen molar-refractivity contribution in [3.05, 3.63) is 29.5 Å². The van der Waals surface area contributed by atoms with Crippen molar-refractivity contribution in [2.24, 2.45) is 0 Å². The summed E-state index contributed by atoms with van der Waals surface area (Å²) in [6, 6.07) is 6.15. The molecule has 1 aliphatic rings. The minimum absolute atomic E-state index is 0.0232.